The summed E-state index contributed by atoms with van der Waals surface area (Å²) in [4.78, 5) is 19.8. The number of carbonyl (C=O) groups is 1. The molecule has 0 radical (unpaired) electrons. The molecule has 1 atom stereocenters. The fourth-order valence-electron chi connectivity index (χ4n) is 3.11. The fourth-order valence-corrected chi connectivity index (χ4v) is 3.11. The van der Waals surface area contributed by atoms with Crippen LogP contribution in [0, 0.1) is 13.8 Å². The van der Waals surface area contributed by atoms with Crippen molar-refractivity contribution in [3.05, 3.63) is 47.3 Å². The smallest absolute Gasteiger partial charge is 0.258 e. The van der Waals surface area contributed by atoms with Gasteiger partial charge in [-0.25, -0.2) is 0 Å². The lowest BCUT2D eigenvalue weighted by Crippen LogP contribution is -2.36. The average Bonchev–Trinajstić information content (AvgIpc) is 3.26. The minimum atomic E-state index is -0.900. The van der Waals surface area contributed by atoms with Gasteiger partial charge in [0.05, 0.1) is 0 Å². The zero-order chi connectivity index (χ0) is 22.4. The molecular weight excluding hydrogens is 400 g/mol. The third kappa shape index (κ3) is 5.65. The van der Waals surface area contributed by atoms with Gasteiger partial charge in [0.1, 0.15) is 25.1 Å². The van der Waals surface area contributed by atoms with Gasteiger partial charge in [-0.05, 0) is 55.7 Å². The number of aryl methyl sites for hydroxylation is 3. The van der Waals surface area contributed by atoms with Gasteiger partial charge in [0.15, 0.2) is 0 Å². The highest BCUT2D eigenvalue weighted by Crippen LogP contribution is 2.31. The lowest BCUT2D eigenvalue weighted by atomic mass is 10.0. The van der Waals surface area contributed by atoms with Crippen LogP contribution in [0.5, 0.6) is 5.75 Å². The Morgan fingerprint density at radius 1 is 1.26 bits per heavy atom. The van der Waals surface area contributed by atoms with Crippen LogP contribution < -0.4 is 10.1 Å². The first-order valence-corrected chi connectivity index (χ1v) is 10.00. The van der Waals surface area contributed by atoms with E-state index in [1.165, 1.54) is 0 Å². The Morgan fingerprint density at radius 3 is 2.77 bits per heavy atom. The molecule has 9 heteroatoms. The second kappa shape index (κ2) is 10.1. The second-order valence-corrected chi connectivity index (χ2v) is 7.17. The number of hydrogen-bond acceptors (Lipinski definition) is 8. The molecule has 0 aliphatic heterocycles. The maximum absolute atomic E-state index is 11.1. The Hall–Kier alpha value is -3.30. The Kier molecular flexibility index (Phi) is 7.32. The number of pyridine rings is 1. The molecule has 3 aromatic rings. The van der Waals surface area contributed by atoms with Crippen molar-refractivity contribution in [2.45, 2.75) is 33.3 Å². The summed E-state index contributed by atoms with van der Waals surface area (Å²) < 4.78 is 11.3. The van der Waals surface area contributed by atoms with Crippen LogP contribution in [0.2, 0.25) is 0 Å². The normalized spacial score (nSPS) is 11.9. The van der Waals surface area contributed by atoms with Crippen LogP contribution in [0.15, 0.2) is 35.0 Å². The molecule has 2 aromatic heterocycles. The highest BCUT2D eigenvalue weighted by molar-refractivity contribution is 5.76. The molecule has 31 heavy (non-hydrogen) atoms. The first kappa shape index (κ1) is 22.4. The maximum atomic E-state index is 11.1. The number of benzene rings is 1. The van der Waals surface area contributed by atoms with Crippen molar-refractivity contribution in [1.29, 1.82) is 0 Å². The molecule has 164 valence electrons. The molecule has 1 amide bonds. The van der Waals surface area contributed by atoms with Gasteiger partial charge in [0.25, 0.3) is 5.89 Å². The first-order valence-electron chi connectivity index (χ1n) is 10.00. The first-order chi connectivity index (χ1) is 14.9. The van der Waals surface area contributed by atoms with Gasteiger partial charge in [-0.15, -0.1) is 0 Å². The highest BCUT2D eigenvalue weighted by Gasteiger charge is 2.16. The van der Waals surface area contributed by atoms with Crippen LogP contribution in [-0.4, -0.2) is 57.1 Å². The van der Waals surface area contributed by atoms with E-state index in [-0.39, 0.29) is 13.2 Å². The van der Waals surface area contributed by atoms with E-state index in [1.807, 2.05) is 45.0 Å². The summed E-state index contributed by atoms with van der Waals surface area (Å²) >= 11 is 0. The number of nitrogens with one attached hydrogen (secondary N) is 1. The Labute approximate surface area is 180 Å². The van der Waals surface area contributed by atoms with Crippen LogP contribution in [0.1, 0.15) is 23.7 Å². The molecule has 0 saturated heterocycles. The van der Waals surface area contributed by atoms with Crippen LogP contribution >= 0.6 is 0 Å². The number of nitrogens with zero attached hydrogens (tertiary/aromatic N) is 3. The molecule has 0 spiro atoms. The van der Waals surface area contributed by atoms with E-state index < -0.39 is 18.6 Å². The number of rotatable bonds is 9. The number of amides is 1. The third-order valence-corrected chi connectivity index (χ3v) is 4.66. The Bertz CT molecular complexity index is 1050. The van der Waals surface area contributed by atoms with Crippen LogP contribution in [0.4, 0.5) is 0 Å². The average molecular weight is 426 g/mol. The minimum absolute atomic E-state index is 0.00189. The van der Waals surface area contributed by atoms with Gasteiger partial charge in [0.2, 0.25) is 11.7 Å². The van der Waals surface area contributed by atoms with Crippen molar-refractivity contribution in [3.8, 4) is 28.6 Å². The summed E-state index contributed by atoms with van der Waals surface area (Å²) in [5, 5.41) is 25.3. The third-order valence-electron chi connectivity index (χ3n) is 4.66. The summed E-state index contributed by atoms with van der Waals surface area (Å²) in [5.74, 6) is 1.02. The van der Waals surface area contributed by atoms with E-state index in [1.54, 1.807) is 6.20 Å². The van der Waals surface area contributed by atoms with E-state index in [0.717, 1.165) is 27.9 Å². The summed E-state index contributed by atoms with van der Waals surface area (Å²) in [5.41, 5.74) is 4.28. The molecule has 0 fully saturated rings. The van der Waals surface area contributed by atoms with Gasteiger partial charge in [-0.2, -0.15) is 4.98 Å². The number of aliphatic hydroxyl groups excluding tert-OH is 2. The van der Waals surface area contributed by atoms with E-state index in [4.69, 9.17) is 14.4 Å². The highest BCUT2D eigenvalue weighted by atomic mass is 16.5. The molecule has 0 aliphatic rings. The van der Waals surface area contributed by atoms with Gasteiger partial charge in [-0.3, -0.25) is 9.78 Å². The van der Waals surface area contributed by atoms with E-state index >= 15 is 0 Å². The van der Waals surface area contributed by atoms with E-state index in [0.29, 0.717) is 23.9 Å². The molecule has 0 aliphatic carbocycles. The van der Waals surface area contributed by atoms with Crippen molar-refractivity contribution < 1.29 is 24.3 Å². The predicted octanol–water partition coefficient (Wildman–Crippen LogP) is 1.83. The SMILES string of the molecule is CCc1cc(-c2noc(-c3ccnc(C)c3)n2)cc(C)c1OC[C@@H](O)CNC(=O)CO. The quantitative estimate of drug-likeness (QED) is 0.472. The van der Waals surface area contributed by atoms with Crippen LogP contribution in [0.3, 0.4) is 0 Å². The maximum Gasteiger partial charge on any atom is 0.258 e. The summed E-state index contributed by atoms with van der Waals surface area (Å²) in [6, 6.07) is 7.54. The molecule has 9 nitrogen and oxygen atoms in total. The van der Waals surface area contributed by atoms with Crippen molar-refractivity contribution in [3.63, 3.8) is 0 Å². The molecule has 1 aromatic carbocycles. The molecule has 2 heterocycles. The van der Waals surface area contributed by atoms with Crippen molar-refractivity contribution in [2.24, 2.45) is 0 Å². The standard InChI is InChI=1S/C22H26N4O5/c1-4-15-9-17(21-25-22(31-26-21)16-5-6-23-14(3)8-16)7-13(2)20(15)30-12-18(28)10-24-19(29)11-27/h5-9,18,27-28H,4,10-12H2,1-3H3,(H,24,29)/t18-/m0/s1. The number of hydrogen-bond donors (Lipinski definition) is 3. The zero-order valence-electron chi connectivity index (χ0n) is 17.8. The molecule has 0 bridgehead atoms. The summed E-state index contributed by atoms with van der Waals surface area (Å²) in [6.45, 7) is 5.20. The Morgan fingerprint density at radius 2 is 2.06 bits per heavy atom. The predicted molar refractivity (Wildman–Crippen MR) is 113 cm³/mol. The van der Waals surface area contributed by atoms with E-state index in [2.05, 4.69) is 20.4 Å². The number of ether oxygens (including phenoxy) is 1. The van der Waals surface area contributed by atoms with Crippen molar-refractivity contribution in [2.75, 3.05) is 19.8 Å². The summed E-state index contributed by atoms with van der Waals surface area (Å²) in [7, 11) is 0. The van der Waals surface area contributed by atoms with Gasteiger partial charge < -0.3 is 24.8 Å². The number of aliphatic hydroxyl groups is 2. The van der Waals surface area contributed by atoms with Gasteiger partial charge in [0, 0.05) is 29.6 Å². The lowest BCUT2D eigenvalue weighted by Gasteiger charge is -2.17. The zero-order valence-corrected chi connectivity index (χ0v) is 17.8. The number of aromatic nitrogens is 3. The molecule has 0 unspecified atom stereocenters. The Balaban J connectivity index is 1.76. The summed E-state index contributed by atoms with van der Waals surface area (Å²) in [6.07, 6.45) is 1.50. The minimum Gasteiger partial charge on any atom is -0.490 e. The lowest BCUT2D eigenvalue weighted by molar-refractivity contribution is -0.124. The molecule has 3 rings (SSSR count). The monoisotopic (exact) mass is 426 g/mol. The molecular formula is C22H26N4O5. The van der Waals surface area contributed by atoms with Crippen LogP contribution in [0.25, 0.3) is 22.8 Å². The second-order valence-electron chi connectivity index (χ2n) is 7.17. The fraction of sp³-hybridized carbons (Fsp3) is 0.364. The van der Waals surface area contributed by atoms with Crippen molar-refractivity contribution in [1.82, 2.24) is 20.4 Å². The number of carbonyl (C=O) groups excluding carboxylic acids is 1. The molecule has 0 saturated carbocycles. The molecule has 3 N–H and O–H groups in total. The van der Waals surface area contributed by atoms with E-state index in [9.17, 15) is 9.90 Å². The largest absolute Gasteiger partial charge is 0.490 e. The van der Waals surface area contributed by atoms with Crippen molar-refractivity contribution >= 4 is 5.91 Å². The topological polar surface area (TPSA) is 131 Å². The van der Waals surface area contributed by atoms with Crippen LogP contribution in [-0.2, 0) is 11.2 Å². The van der Waals surface area contributed by atoms with Gasteiger partial charge in [-0.1, -0.05) is 12.1 Å². The van der Waals surface area contributed by atoms with Gasteiger partial charge >= 0.3 is 0 Å².